The molecule has 0 fully saturated rings. The average Bonchev–Trinajstić information content (AvgIpc) is 3.34. The van der Waals surface area contributed by atoms with E-state index in [2.05, 4.69) is 10.3 Å². The summed E-state index contributed by atoms with van der Waals surface area (Å²) >= 11 is 0. The second kappa shape index (κ2) is 12.2. The van der Waals surface area contributed by atoms with Crippen LogP contribution in [0.5, 0.6) is 0 Å². The largest absolute Gasteiger partial charge is 0.479 e. The Hall–Kier alpha value is -4.42. The molecule has 204 valence electrons. The number of methoxy groups -OCH3 is 1. The molecule has 38 heavy (non-hydrogen) atoms. The molecule has 0 unspecified atom stereocenters. The molecule has 0 radical (unpaired) electrons. The number of hydrogen-bond acceptors (Lipinski definition) is 12. The lowest BCUT2D eigenvalue weighted by molar-refractivity contribution is -0.190. The van der Waals surface area contributed by atoms with Crippen LogP contribution in [0.3, 0.4) is 0 Å². The van der Waals surface area contributed by atoms with E-state index >= 15 is 0 Å². The Kier molecular flexibility index (Phi) is 9.05. The van der Waals surface area contributed by atoms with Crippen LogP contribution in [0.1, 0.15) is 33.7 Å². The predicted molar refractivity (Wildman–Crippen MR) is 131 cm³/mol. The van der Waals surface area contributed by atoms with Gasteiger partial charge >= 0.3 is 23.9 Å². The number of para-hydroxylation sites is 1. The Labute approximate surface area is 218 Å². The Balaban J connectivity index is 2.04. The lowest BCUT2D eigenvalue weighted by Crippen LogP contribution is -2.52. The van der Waals surface area contributed by atoms with E-state index in [0.717, 1.165) is 6.92 Å². The number of hydrogen-bond donors (Lipinski definition) is 1. The topological polar surface area (TPSA) is 171 Å². The first-order valence-corrected chi connectivity index (χ1v) is 11.7. The van der Waals surface area contributed by atoms with Gasteiger partial charge in [0, 0.05) is 37.9 Å². The average molecular weight is 531 g/mol. The van der Waals surface area contributed by atoms with Crippen LogP contribution in [0.15, 0.2) is 42.3 Å². The number of benzene rings is 1. The van der Waals surface area contributed by atoms with Crippen LogP contribution < -0.4 is 5.73 Å². The van der Waals surface area contributed by atoms with Crippen molar-refractivity contribution in [2.24, 2.45) is 5.92 Å². The number of nitrogen functional groups attached to an aromatic ring is 1. The van der Waals surface area contributed by atoms with Gasteiger partial charge in [0.25, 0.3) is 0 Å². The molecule has 1 aliphatic rings. The maximum absolute atomic E-state index is 12.5. The minimum Gasteiger partial charge on any atom is -0.479 e. The first-order valence-electron chi connectivity index (χ1n) is 11.7. The molecule has 2 aromatic rings. The quantitative estimate of drug-likeness (QED) is 0.282. The van der Waals surface area contributed by atoms with Crippen LogP contribution >= 0.6 is 0 Å². The van der Waals surface area contributed by atoms with Crippen molar-refractivity contribution in [1.82, 2.24) is 15.0 Å². The van der Waals surface area contributed by atoms with Gasteiger partial charge in [0.15, 0.2) is 12.2 Å². The molecule has 1 aromatic carbocycles. The monoisotopic (exact) mass is 530 g/mol. The van der Waals surface area contributed by atoms with Crippen molar-refractivity contribution in [1.29, 1.82) is 0 Å². The van der Waals surface area contributed by atoms with Gasteiger partial charge in [-0.25, -0.2) is 9.48 Å². The standard InChI is InChI=1S/C25H30N4O9/c1-13-20(29-11-19(27-28-29)17-8-6-7-9-18(17)26)10-21(25(33)34-5)38-23(13)24(37-16(4)32)22(36-15(3)31)12-35-14(2)30/h6-11,13,20,22-24H,12,26H2,1-5H3/t13-,20+,22-,23-,24-/m1/s1. The molecule has 0 saturated heterocycles. The molecule has 1 aliphatic heterocycles. The smallest absolute Gasteiger partial charge is 0.373 e. The first-order chi connectivity index (χ1) is 18.0. The van der Waals surface area contributed by atoms with Gasteiger partial charge in [-0.1, -0.05) is 30.3 Å². The SMILES string of the molecule is COC(=O)C1=C[C@H](n2cc(-c3ccccc3N)nn2)[C@@H](C)[C@H]([C@H](OC(C)=O)[C@@H](COC(C)=O)OC(C)=O)O1. The molecule has 1 aromatic heterocycles. The van der Waals surface area contributed by atoms with Crippen LogP contribution in [0, 0.1) is 5.92 Å². The number of esters is 4. The summed E-state index contributed by atoms with van der Waals surface area (Å²) in [5, 5.41) is 8.45. The zero-order valence-electron chi connectivity index (χ0n) is 21.7. The van der Waals surface area contributed by atoms with E-state index in [1.54, 1.807) is 31.3 Å². The Bertz CT molecular complexity index is 1220. The zero-order valence-corrected chi connectivity index (χ0v) is 21.7. The third-order valence-electron chi connectivity index (χ3n) is 5.84. The number of allylic oxidation sites excluding steroid dienone is 1. The van der Waals surface area contributed by atoms with E-state index in [1.165, 1.54) is 31.7 Å². The van der Waals surface area contributed by atoms with Gasteiger partial charge in [-0.2, -0.15) is 0 Å². The number of rotatable bonds is 9. The Morgan fingerprint density at radius 3 is 2.37 bits per heavy atom. The summed E-state index contributed by atoms with van der Waals surface area (Å²) < 4.78 is 28.2. The maximum Gasteiger partial charge on any atom is 0.373 e. The van der Waals surface area contributed by atoms with E-state index in [-0.39, 0.29) is 5.76 Å². The van der Waals surface area contributed by atoms with E-state index in [9.17, 15) is 19.2 Å². The van der Waals surface area contributed by atoms with Crippen LogP contribution in [-0.2, 0) is 42.9 Å². The molecule has 2 heterocycles. The number of aromatic nitrogens is 3. The lowest BCUT2D eigenvalue weighted by Gasteiger charge is -2.40. The molecule has 0 aliphatic carbocycles. The third kappa shape index (κ3) is 6.66. The number of nitrogens with two attached hydrogens (primary N) is 1. The fourth-order valence-electron chi connectivity index (χ4n) is 4.13. The minimum atomic E-state index is -1.27. The summed E-state index contributed by atoms with van der Waals surface area (Å²) in [5.74, 6) is -3.55. The number of anilines is 1. The highest BCUT2D eigenvalue weighted by molar-refractivity contribution is 5.86. The summed E-state index contributed by atoms with van der Waals surface area (Å²) in [5.41, 5.74) is 7.75. The first kappa shape index (κ1) is 28.2. The van der Waals surface area contributed by atoms with Gasteiger partial charge in [0.2, 0.25) is 5.76 Å². The van der Waals surface area contributed by atoms with Crippen molar-refractivity contribution >= 4 is 29.6 Å². The second-order valence-corrected chi connectivity index (χ2v) is 8.65. The number of carbonyl (C=O) groups excluding carboxylic acids is 4. The van der Waals surface area contributed by atoms with Gasteiger partial charge < -0.3 is 29.4 Å². The van der Waals surface area contributed by atoms with Crippen LogP contribution in [-0.4, -0.2) is 70.9 Å². The van der Waals surface area contributed by atoms with Crippen LogP contribution in [0.4, 0.5) is 5.69 Å². The molecule has 2 N–H and O–H groups in total. The molecule has 5 atom stereocenters. The molecule has 0 amide bonds. The molecule has 0 spiro atoms. The number of nitrogens with zero attached hydrogens (tertiary/aromatic N) is 3. The number of ether oxygens (including phenoxy) is 5. The number of carbonyl (C=O) groups is 4. The fraction of sp³-hybridized carbons (Fsp3) is 0.440. The van der Waals surface area contributed by atoms with Crippen molar-refractivity contribution in [3.05, 3.63) is 42.3 Å². The summed E-state index contributed by atoms with van der Waals surface area (Å²) in [7, 11) is 1.19. The molecule has 13 heteroatoms. The molecule has 13 nitrogen and oxygen atoms in total. The molecule has 3 rings (SSSR count). The highest BCUT2D eigenvalue weighted by Gasteiger charge is 2.46. The van der Waals surface area contributed by atoms with Crippen molar-refractivity contribution < 1.29 is 42.9 Å². The molecular formula is C25H30N4O9. The highest BCUT2D eigenvalue weighted by atomic mass is 16.6. The molecular weight excluding hydrogens is 500 g/mol. The summed E-state index contributed by atoms with van der Waals surface area (Å²) in [6.45, 7) is 4.86. The van der Waals surface area contributed by atoms with Crippen molar-refractivity contribution in [2.45, 2.75) is 52.0 Å². The molecule has 0 bridgehead atoms. The van der Waals surface area contributed by atoms with Gasteiger partial charge in [-0.05, 0) is 12.1 Å². The Morgan fingerprint density at radius 1 is 1.08 bits per heavy atom. The van der Waals surface area contributed by atoms with E-state index in [0.29, 0.717) is 16.9 Å². The van der Waals surface area contributed by atoms with Crippen molar-refractivity contribution in [2.75, 3.05) is 19.5 Å². The van der Waals surface area contributed by atoms with Gasteiger partial charge in [0.1, 0.15) is 18.4 Å². The molecule has 0 saturated carbocycles. The minimum absolute atomic E-state index is 0.178. The normalized spacial score (nSPS) is 20.2. The second-order valence-electron chi connectivity index (χ2n) is 8.65. The van der Waals surface area contributed by atoms with Crippen molar-refractivity contribution in [3.8, 4) is 11.3 Å². The van der Waals surface area contributed by atoms with E-state index in [1.807, 2.05) is 6.07 Å². The van der Waals surface area contributed by atoms with Crippen molar-refractivity contribution in [3.63, 3.8) is 0 Å². The highest BCUT2D eigenvalue weighted by Crippen LogP contribution is 2.36. The van der Waals surface area contributed by atoms with E-state index < -0.39 is 60.8 Å². The lowest BCUT2D eigenvalue weighted by atomic mass is 9.87. The third-order valence-corrected chi connectivity index (χ3v) is 5.84. The van der Waals surface area contributed by atoms with Crippen LogP contribution in [0.2, 0.25) is 0 Å². The maximum atomic E-state index is 12.5. The zero-order chi connectivity index (χ0) is 28.0. The summed E-state index contributed by atoms with van der Waals surface area (Å²) in [4.78, 5) is 48.0. The summed E-state index contributed by atoms with van der Waals surface area (Å²) in [6.07, 6.45) is -0.394. The van der Waals surface area contributed by atoms with E-state index in [4.69, 9.17) is 29.4 Å². The fourth-order valence-corrected chi connectivity index (χ4v) is 4.13. The Morgan fingerprint density at radius 2 is 1.76 bits per heavy atom. The van der Waals surface area contributed by atoms with Gasteiger partial charge in [-0.3, -0.25) is 14.4 Å². The van der Waals surface area contributed by atoms with Gasteiger partial charge in [-0.15, -0.1) is 5.10 Å². The van der Waals surface area contributed by atoms with Crippen LogP contribution in [0.25, 0.3) is 11.3 Å². The summed E-state index contributed by atoms with van der Waals surface area (Å²) in [6, 6.07) is 6.50. The predicted octanol–water partition coefficient (Wildman–Crippen LogP) is 1.59. The van der Waals surface area contributed by atoms with Gasteiger partial charge in [0.05, 0.1) is 19.3 Å².